The molecule has 0 radical (unpaired) electrons. The second kappa shape index (κ2) is 5.53. The fourth-order valence-electron chi connectivity index (χ4n) is 2.94. The lowest BCUT2D eigenvalue weighted by molar-refractivity contribution is 0.644. The zero-order valence-electron chi connectivity index (χ0n) is 12.4. The van der Waals surface area contributed by atoms with Gasteiger partial charge in [-0.1, -0.05) is 24.3 Å². The average molecular weight is 311 g/mol. The zero-order chi connectivity index (χ0) is 14.9. The van der Waals surface area contributed by atoms with Crippen LogP contribution in [-0.4, -0.2) is 41.4 Å². The highest BCUT2D eigenvalue weighted by molar-refractivity contribution is 7.13. The third kappa shape index (κ3) is 2.29. The van der Waals surface area contributed by atoms with Gasteiger partial charge in [-0.3, -0.25) is 0 Å². The number of aryl methyl sites for hydroxylation is 1. The number of fused-ring (bicyclic) bond motifs is 1. The Morgan fingerprint density at radius 1 is 0.955 bits per heavy atom. The standard InChI is InChI=1S/C16H17N5S/c1-12-13-4-2-3-5-14(13)15(19-18-12)20-7-9-21(10-8-20)16-17-6-11-22-16/h2-6,11H,7-10H2,1H3. The molecule has 22 heavy (non-hydrogen) atoms. The Morgan fingerprint density at radius 3 is 2.41 bits per heavy atom. The fraction of sp³-hybridized carbons (Fsp3) is 0.312. The molecule has 0 N–H and O–H groups in total. The molecule has 5 nitrogen and oxygen atoms in total. The minimum absolute atomic E-state index is 0.946. The van der Waals surface area contributed by atoms with E-state index in [1.165, 1.54) is 10.8 Å². The van der Waals surface area contributed by atoms with Crippen molar-refractivity contribution in [2.45, 2.75) is 6.92 Å². The number of benzene rings is 1. The topological polar surface area (TPSA) is 45.2 Å². The van der Waals surface area contributed by atoms with Gasteiger partial charge >= 0.3 is 0 Å². The molecule has 0 spiro atoms. The van der Waals surface area contributed by atoms with Crippen molar-refractivity contribution >= 4 is 33.1 Å². The van der Waals surface area contributed by atoms with Gasteiger partial charge in [0.05, 0.1) is 5.69 Å². The first-order valence-electron chi connectivity index (χ1n) is 7.44. The SMILES string of the molecule is Cc1nnc(N2CCN(c3nccs3)CC2)c2ccccc12. The monoisotopic (exact) mass is 311 g/mol. The largest absolute Gasteiger partial charge is 0.351 e. The van der Waals surface area contributed by atoms with E-state index in [1.54, 1.807) is 11.3 Å². The Hall–Kier alpha value is -2.21. The Kier molecular flexibility index (Phi) is 3.38. The van der Waals surface area contributed by atoms with E-state index in [4.69, 9.17) is 0 Å². The maximum absolute atomic E-state index is 4.46. The van der Waals surface area contributed by atoms with Gasteiger partial charge in [0.25, 0.3) is 0 Å². The van der Waals surface area contributed by atoms with Crippen LogP contribution in [0.25, 0.3) is 10.8 Å². The van der Waals surface area contributed by atoms with Crippen molar-refractivity contribution < 1.29 is 0 Å². The van der Waals surface area contributed by atoms with Crippen LogP contribution in [0.3, 0.4) is 0 Å². The average Bonchev–Trinajstić information content (AvgIpc) is 3.10. The predicted molar refractivity (Wildman–Crippen MR) is 90.8 cm³/mol. The van der Waals surface area contributed by atoms with E-state index < -0.39 is 0 Å². The molecule has 4 rings (SSSR count). The molecule has 1 saturated heterocycles. The number of nitrogens with zero attached hydrogens (tertiary/aromatic N) is 5. The Morgan fingerprint density at radius 2 is 1.68 bits per heavy atom. The quantitative estimate of drug-likeness (QED) is 0.728. The van der Waals surface area contributed by atoms with E-state index in [0.717, 1.165) is 42.8 Å². The van der Waals surface area contributed by atoms with Crippen LogP contribution in [0.15, 0.2) is 35.8 Å². The van der Waals surface area contributed by atoms with E-state index in [0.29, 0.717) is 0 Å². The number of hydrogen-bond donors (Lipinski definition) is 0. The van der Waals surface area contributed by atoms with Crippen molar-refractivity contribution in [1.29, 1.82) is 0 Å². The van der Waals surface area contributed by atoms with Gasteiger partial charge in [-0.25, -0.2) is 4.98 Å². The molecule has 1 aliphatic heterocycles. The van der Waals surface area contributed by atoms with Gasteiger partial charge < -0.3 is 9.80 Å². The lowest BCUT2D eigenvalue weighted by Gasteiger charge is -2.35. The third-order valence-electron chi connectivity index (χ3n) is 4.12. The van der Waals surface area contributed by atoms with E-state index >= 15 is 0 Å². The van der Waals surface area contributed by atoms with Crippen LogP contribution in [0.4, 0.5) is 10.9 Å². The Bertz CT molecular complexity index is 778. The predicted octanol–water partition coefficient (Wildman–Crippen LogP) is 2.72. The summed E-state index contributed by atoms with van der Waals surface area (Å²) in [5.74, 6) is 1.000. The molecule has 3 aromatic rings. The van der Waals surface area contributed by atoms with Crippen molar-refractivity contribution in [3.8, 4) is 0 Å². The highest BCUT2D eigenvalue weighted by atomic mass is 32.1. The van der Waals surface area contributed by atoms with E-state index in [1.807, 2.05) is 18.5 Å². The Balaban J connectivity index is 1.60. The van der Waals surface area contributed by atoms with Crippen LogP contribution >= 0.6 is 11.3 Å². The second-order valence-corrected chi connectivity index (χ2v) is 6.32. The number of aromatic nitrogens is 3. The molecular weight excluding hydrogens is 294 g/mol. The van der Waals surface area contributed by atoms with Crippen LogP contribution < -0.4 is 9.80 Å². The number of thiazole rings is 1. The molecule has 1 aliphatic rings. The van der Waals surface area contributed by atoms with Gasteiger partial charge in [-0.2, -0.15) is 5.10 Å². The van der Waals surface area contributed by atoms with Crippen molar-refractivity contribution in [3.05, 3.63) is 41.5 Å². The van der Waals surface area contributed by atoms with Gasteiger partial charge in [0.2, 0.25) is 0 Å². The molecule has 1 aromatic carbocycles. The summed E-state index contributed by atoms with van der Waals surface area (Å²) in [6.07, 6.45) is 1.87. The smallest absolute Gasteiger partial charge is 0.185 e. The summed E-state index contributed by atoms with van der Waals surface area (Å²) in [5.41, 5.74) is 0.987. The normalized spacial score (nSPS) is 15.5. The first-order valence-corrected chi connectivity index (χ1v) is 8.32. The molecule has 0 unspecified atom stereocenters. The molecule has 0 bridgehead atoms. The molecule has 1 fully saturated rings. The van der Waals surface area contributed by atoms with Crippen LogP contribution in [0.5, 0.6) is 0 Å². The van der Waals surface area contributed by atoms with Crippen LogP contribution in [0, 0.1) is 6.92 Å². The van der Waals surface area contributed by atoms with Crippen molar-refractivity contribution in [2.24, 2.45) is 0 Å². The molecule has 0 amide bonds. The number of piperazine rings is 1. The molecule has 0 saturated carbocycles. The van der Waals surface area contributed by atoms with E-state index in [-0.39, 0.29) is 0 Å². The van der Waals surface area contributed by atoms with Crippen molar-refractivity contribution in [1.82, 2.24) is 15.2 Å². The summed E-state index contributed by atoms with van der Waals surface area (Å²) in [7, 11) is 0. The van der Waals surface area contributed by atoms with Gasteiger partial charge in [0.15, 0.2) is 10.9 Å². The van der Waals surface area contributed by atoms with Crippen molar-refractivity contribution in [2.75, 3.05) is 36.0 Å². The Labute approximate surface area is 133 Å². The first-order chi connectivity index (χ1) is 10.8. The number of rotatable bonds is 2. The molecule has 2 aromatic heterocycles. The highest BCUT2D eigenvalue weighted by Crippen LogP contribution is 2.27. The van der Waals surface area contributed by atoms with Gasteiger partial charge in [0.1, 0.15) is 0 Å². The van der Waals surface area contributed by atoms with Crippen LogP contribution in [0.2, 0.25) is 0 Å². The molecule has 0 aliphatic carbocycles. The lowest BCUT2D eigenvalue weighted by Crippen LogP contribution is -2.47. The van der Waals surface area contributed by atoms with Gasteiger partial charge in [-0.15, -0.1) is 16.4 Å². The third-order valence-corrected chi connectivity index (χ3v) is 4.95. The van der Waals surface area contributed by atoms with Gasteiger partial charge in [0, 0.05) is 48.5 Å². The molecule has 0 atom stereocenters. The summed E-state index contributed by atoms with van der Waals surface area (Å²) < 4.78 is 0. The minimum atomic E-state index is 0.946. The number of hydrogen-bond acceptors (Lipinski definition) is 6. The summed E-state index contributed by atoms with van der Waals surface area (Å²) in [4.78, 5) is 9.07. The van der Waals surface area contributed by atoms with Crippen LogP contribution in [-0.2, 0) is 0 Å². The maximum Gasteiger partial charge on any atom is 0.185 e. The lowest BCUT2D eigenvalue weighted by atomic mass is 10.1. The summed E-state index contributed by atoms with van der Waals surface area (Å²) in [6.45, 7) is 5.84. The highest BCUT2D eigenvalue weighted by Gasteiger charge is 2.21. The summed E-state index contributed by atoms with van der Waals surface area (Å²) in [5, 5.41) is 14.3. The van der Waals surface area contributed by atoms with Crippen molar-refractivity contribution in [3.63, 3.8) is 0 Å². The zero-order valence-corrected chi connectivity index (χ0v) is 13.3. The maximum atomic E-state index is 4.46. The molecule has 112 valence electrons. The summed E-state index contributed by atoms with van der Waals surface area (Å²) >= 11 is 1.70. The van der Waals surface area contributed by atoms with E-state index in [9.17, 15) is 0 Å². The first kappa shape index (κ1) is 13.5. The fourth-order valence-corrected chi connectivity index (χ4v) is 3.64. The molecule has 6 heteroatoms. The minimum Gasteiger partial charge on any atom is -0.351 e. The second-order valence-electron chi connectivity index (χ2n) is 5.44. The van der Waals surface area contributed by atoms with Crippen LogP contribution in [0.1, 0.15) is 5.69 Å². The van der Waals surface area contributed by atoms with Gasteiger partial charge in [-0.05, 0) is 6.92 Å². The molecule has 3 heterocycles. The molecular formula is C16H17N5S. The van der Waals surface area contributed by atoms with E-state index in [2.05, 4.69) is 49.2 Å². The summed E-state index contributed by atoms with van der Waals surface area (Å²) in [6, 6.07) is 8.38. The number of anilines is 2.